The van der Waals surface area contributed by atoms with Gasteiger partial charge in [-0.25, -0.2) is 0 Å². The Morgan fingerprint density at radius 2 is 1.77 bits per heavy atom. The first kappa shape index (κ1) is 25.3. The summed E-state index contributed by atoms with van der Waals surface area (Å²) in [6, 6.07) is 23.3. The highest BCUT2D eigenvalue weighted by Gasteiger charge is 2.22. The van der Waals surface area contributed by atoms with Crippen LogP contribution in [0.1, 0.15) is 53.6 Å². The van der Waals surface area contributed by atoms with Gasteiger partial charge in [0.2, 0.25) is 0 Å². The van der Waals surface area contributed by atoms with Crippen LogP contribution in [-0.4, -0.2) is 29.3 Å². The molecule has 0 aliphatic heterocycles. The SMILES string of the molecule is CCCc1c(C(Cc2ccc(C)cc2)c2ccc(OCCC(O)CN)cc2)[nH]c2ccc(Cl)cc12. The predicted molar refractivity (Wildman–Crippen MR) is 146 cm³/mol. The van der Waals surface area contributed by atoms with E-state index in [1.54, 1.807) is 0 Å². The fraction of sp³-hybridized carbons (Fsp3) is 0.333. The molecule has 1 aromatic heterocycles. The highest BCUT2D eigenvalue weighted by atomic mass is 35.5. The molecule has 0 spiro atoms. The van der Waals surface area contributed by atoms with Crippen LogP contribution in [0.5, 0.6) is 5.75 Å². The Bertz CT molecular complexity index is 1230. The van der Waals surface area contributed by atoms with E-state index in [0.29, 0.717) is 13.0 Å². The number of aromatic nitrogens is 1. The van der Waals surface area contributed by atoms with Gasteiger partial charge >= 0.3 is 0 Å². The molecule has 4 nitrogen and oxygen atoms in total. The summed E-state index contributed by atoms with van der Waals surface area (Å²) < 4.78 is 5.84. The number of aryl methyl sites for hydroxylation is 2. The van der Waals surface area contributed by atoms with E-state index < -0.39 is 6.10 Å². The minimum Gasteiger partial charge on any atom is -0.493 e. The summed E-state index contributed by atoms with van der Waals surface area (Å²) in [5.41, 5.74) is 13.0. The van der Waals surface area contributed by atoms with Gasteiger partial charge in [-0.1, -0.05) is 66.9 Å². The van der Waals surface area contributed by atoms with E-state index >= 15 is 0 Å². The van der Waals surface area contributed by atoms with Gasteiger partial charge < -0.3 is 20.6 Å². The maximum Gasteiger partial charge on any atom is 0.119 e. The molecular formula is C30H35ClN2O2. The van der Waals surface area contributed by atoms with Crippen LogP contribution in [0.4, 0.5) is 0 Å². The fourth-order valence-corrected chi connectivity index (χ4v) is 4.80. The van der Waals surface area contributed by atoms with Gasteiger partial charge in [0.25, 0.3) is 0 Å². The van der Waals surface area contributed by atoms with E-state index in [1.807, 2.05) is 18.2 Å². The van der Waals surface area contributed by atoms with Crippen LogP contribution in [-0.2, 0) is 12.8 Å². The monoisotopic (exact) mass is 490 g/mol. The second kappa shape index (κ2) is 11.8. The van der Waals surface area contributed by atoms with E-state index in [4.69, 9.17) is 22.1 Å². The molecule has 0 bridgehead atoms. The Balaban J connectivity index is 1.70. The van der Waals surface area contributed by atoms with Crippen molar-refractivity contribution in [3.63, 3.8) is 0 Å². The number of halogens is 1. The molecule has 4 N–H and O–H groups in total. The van der Waals surface area contributed by atoms with Gasteiger partial charge in [-0.15, -0.1) is 0 Å². The van der Waals surface area contributed by atoms with Crippen molar-refractivity contribution < 1.29 is 9.84 Å². The van der Waals surface area contributed by atoms with Gasteiger partial charge in [-0.05, 0) is 66.8 Å². The van der Waals surface area contributed by atoms with Gasteiger partial charge in [0, 0.05) is 40.5 Å². The van der Waals surface area contributed by atoms with Gasteiger partial charge in [0.1, 0.15) is 5.75 Å². The van der Waals surface area contributed by atoms with E-state index in [0.717, 1.165) is 35.6 Å². The molecule has 0 saturated heterocycles. The van der Waals surface area contributed by atoms with E-state index in [2.05, 4.69) is 67.4 Å². The molecule has 35 heavy (non-hydrogen) atoms. The lowest BCUT2D eigenvalue weighted by Crippen LogP contribution is -2.21. The van der Waals surface area contributed by atoms with Crippen molar-refractivity contribution in [1.82, 2.24) is 4.98 Å². The van der Waals surface area contributed by atoms with Crippen LogP contribution in [0.25, 0.3) is 10.9 Å². The molecule has 0 aliphatic carbocycles. The zero-order valence-electron chi connectivity index (χ0n) is 20.6. The first-order valence-electron chi connectivity index (χ1n) is 12.4. The average Bonchev–Trinajstić information content (AvgIpc) is 3.21. The van der Waals surface area contributed by atoms with E-state index in [-0.39, 0.29) is 12.5 Å². The normalized spacial score (nSPS) is 13.2. The van der Waals surface area contributed by atoms with Crippen molar-refractivity contribution in [1.29, 1.82) is 0 Å². The number of hydrogen-bond donors (Lipinski definition) is 3. The number of rotatable bonds is 11. The van der Waals surface area contributed by atoms with Gasteiger partial charge in [-0.3, -0.25) is 0 Å². The second-order valence-electron chi connectivity index (χ2n) is 9.30. The Morgan fingerprint density at radius 3 is 2.46 bits per heavy atom. The topological polar surface area (TPSA) is 71.3 Å². The Labute approximate surface area is 213 Å². The molecule has 5 heteroatoms. The summed E-state index contributed by atoms with van der Waals surface area (Å²) in [5, 5.41) is 11.6. The second-order valence-corrected chi connectivity index (χ2v) is 9.73. The quantitative estimate of drug-likeness (QED) is 0.223. The van der Waals surface area contributed by atoms with Crippen LogP contribution in [0, 0.1) is 6.92 Å². The third-order valence-corrected chi connectivity index (χ3v) is 6.82. The van der Waals surface area contributed by atoms with Crippen molar-refractivity contribution >= 4 is 22.5 Å². The van der Waals surface area contributed by atoms with Gasteiger partial charge in [0.05, 0.1) is 12.7 Å². The van der Waals surface area contributed by atoms with Crippen molar-refractivity contribution in [2.75, 3.05) is 13.2 Å². The summed E-state index contributed by atoms with van der Waals surface area (Å²) in [4.78, 5) is 3.74. The van der Waals surface area contributed by atoms with Crippen LogP contribution >= 0.6 is 11.6 Å². The summed E-state index contributed by atoms with van der Waals surface area (Å²) in [5.74, 6) is 0.961. The standard InChI is InChI=1S/C30H35ClN2O2/c1-3-4-26-28-18-23(31)11-14-29(28)33-30(26)27(17-21-7-5-20(2)6-8-21)22-9-12-25(13-10-22)35-16-15-24(34)19-32/h5-14,18,24,27,33-34H,3-4,15-17,19,32H2,1-2H3. The summed E-state index contributed by atoms with van der Waals surface area (Å²) in [6.07, 6.45) is 2.93. The van der Waals surface area contributed by atoms with Gasteiger partial charge in [-0.2, -0.15) is 0 Å². The average molecular weight is 491 g/mol. The lowest BCUT2D eigenvalue weighted by molar-refractivity contribution is 0.146. The summed E-state index contributed by atoms with van der Waals surface area (Å²) >= 11 is 6.38. The highest BCUT2D eigenvalue weighted by molar-refractivity contribution is 6.31. The maximum absolute atomic E-state index is 9.67. The molecule has 0 fully saturated rings. The number of nitrogens with one attached hydrogen (secondary N) is 1. The zero-order chi connectivity index (χ0) is 24.8. The molecule has 0 aliphatic rings. The molecular weight excluding hydrogens is 456 g/mol. The number of aliphatic hydroxyl groups excluding tert-OH is 1. The number of benzene rings is 3. The Morgan fingerprint density at radius 1 is 1.03 bits per heavy atom. The van der Waals surface area contributed by atoms with Crippen LogP contribution in [0.2, 0.25) is 5.02 Å². The molecule has 2 unspecified atom stereocenters. The van der Waals surface area contributed by atoms with Crippen molar-refractivity contribution in [3.05, 3.63) is 99.7 Å². The van der Waals surface area contributed by atoms with Crippen LogP contribution in [0.15, 0.2) is 66.7 Å². The minimum atomic E-state index is -0.527. The van der Waals surface area contributed by atoms with E-state index in [1.165, 1.54) is 33.3 Å². The zero-order valence-corrected chi connectivity index (χ0v) is 21.3. The third kappa shape index (κ3) is 6.26. The minimum absolute atomic E-state index is 0.165. The summed E-state index contributed by atoms with van der Waals surface area (Å²) in [6.45, 7) is 5.02. The number of aromatic amines is 1. The molecule has 4 rings (SSSR count). The van der Waals surface area contributed by atoms with Crippen molar-refractivity contribution in [2.45, 2.75) is 51.6 Å². The van der Waals surface area contributed by atoms with E-state index in [9.17, 15) is 5.11 Å². The lowest BCUT2D eigenvalue weighted by Gasteiger charge is -2.20. The molecule has 0 radical (unpaired) electrons. The Hall–Kier alpha value is -2.79. The molecule has 0 amide bonds. The van der Waals surface area contributed by atoms with Gasteiger partial charge in [0.15, 0.2) is 0 Å². The first-order valence-corrected chi connectivity index (χ1v) is 12.8. The predicted octanol–water partition coefficient (Wildman–Crippen LogP) is 6.55. The fourth-order valence-electron chi connectivity index (χ4n) is 4.63. The number of ether oxygens (including phenoxy) is 1. The number of H-pyrrole nitrogens is 1. The molecule has 2 atom stereocenters. The van der Waals surface area contributed by atoms with Crippen molar-refractivity contribution in [3.8, 4) is 5.75 Å². The summed E-state index contributed by atoms with van der Waals surface area (Å²) in [7, 11) is 0. The number of hydrogen-bond acceptors (Lipinski definition) is 3. The molecule has 4 aromatic rings. The maximum atomic E-state index is 9.67. The molecule has 0 saturated carbocycles. The third-order valence-electron chi connectivity index (χ3n) is 6.58. The van der Waals surface area contributed by atoms with Crippen molar-refractivity contribution in [2.24, 2.45) is 5.73 Å². The molecule has 184 valence electrons. The largest absolute Gasteiger partial charge is 0.493 e. The number of aliphatic hydroxyl groups is 1. The molecule has 3 aromatic carbocycles. The Kier molecular flexibility index (Phi) is 8.50. The first-order chi connectivity index (χ1) is 17.0. The number of nitrogens with two attached hydrogens (primary N) is 1. The molecule has 1 heterocycles. The van der Waals surface area contributed by atoms with Crippen LogP contribution in [0.3, 0.4) is 0 Å². The lowest BCUT2D eigenvalue weighted by atomic mass is 9.86. The number of fused-ring (bicyclic) bond motifs is 1. The van der Waals surface area contributed by atoms with Crippen LogP contribution < -0.4 is 10.5 Å². The smallest absolute Gasteiger partial charge is 0.119 e. The highest BCUT2D eigenvalue weighted by Crippen LogP contribution is 2.36.